The van der Waals surface area contributed by atoms with Crippen molar-refractivity contribution < 1.29 is 28.3 Å². The number of fused-ring (bicyclic) bond motifs is 3. The number of carbonyl (C=O) groups excluding carboxylic acids is 2. The number of H-pyrrole nitrogens is 1. The van der Waals surface area contributed by atoms with Crippen LogP contribution in [0.3, 0.4) is 0 Å². The fraction of sp³-hybridized carbons (Fsp3) is 0.548. The second-order valence-corrected chi connectivity index (χ2v) is 14.1. The van der Waals surface area contributed by atoms with Gasteiger partial charge in [-0.2, -0.15) is 0 Å². The summed E-state index contributed by atoms with van der Waals surface area (Å²) in [7, 11) is 0. The van der Waals surface area contributed by atoms with Gasteiger partial charge in [-0.15, -0.1) is 6.42 Å². The Morgan fingerprint density at radius 1 is 0.863 bits per heavy atom. The lowest BCUT2D eigenvalue weighted by molar-refractivity contribution is -0.137. The third-order valence-corrected chi connectivity index (χ3v) is 10.2. The number of carboxylic acid groups (broad SMARTS) is 1. The predicted molar refractivity (Wildman–Crippen MR) is 199 cm³/mol. The van der Waals surface area contributed by atoms with Crippen LogP contribution in [-0.2, 0) is 20.8 Å². The number of nitrogens with one attached hydrogen (secondary N) is 2. The van der Waals surface area contributed by atoms with Crippen molar-refractivity contribution in [2.45, 2.75) is 147 Å². The molecule has 1 aliphatic heterocycles. The van der Waals surface area contributed by atoms with Crippen molar-refractivity contribution in [1.82, 2.24) is 9.88 Å². The summed E-state index contributed by atoms with van der Waals surface area (Å²) in [5, 5.41) is 12.1. The van der Waals surface area contributed by atoms with Crippen LogP contribution in [0.2, 0.25) is 0 Å². The molecule has 51 heavy (non-hydrogen) atoms. The number of aromatic amines is 1. The normalized spacial score (nSPS) is 15.5. The third-order valence-electron chi connectivity index (χ3n) is 10.2. The molecular formula is C42H55F2N3O4. The summed E-state index contributed by atoms with van der Waals surface area (Å²) in [5.74, 6) is -0.236. The molecule has 276 valence electrons. The van der Waals surface area contributed by atoms with E-state index in [0.29, 0.717) is 36.0 Å². The summed E-state index contributed by atoms with van der Waals surface area (Å²) in [5.41, 5.74) is 3.05. The number of aliphatic carboxylic acids is 1. The van der Waals surface area contributed by atoms with Crippen molar-refractivity contribution in [1.29, 1.82) is 0 Å². The van der Waals surface area contributed by atoms with E-state index in [-0.39, 0.29) is 23.9 Å². The van der Waals surface area contributed by atoms with Gasteiger partial charge in [0.1, 0.15) is 11.6 Å². The molecule has 3 N–H and O–H groups in total. The molecule has 0 spiro atoms. The number of carbonyl (C=O) groups is 3. The minimum absolute atomic E-state index is 0.0403. The van der Waals surface area contributed by atoms with Gasteiger partial charge < -0.3 is 20.3 Å². The van der Waals surface area contributed by atoms with E-state index in [4.69, 9.17) is 11.5 Å². The molecule has 0 unspecified atom stereocenters. The van der Waals surface area contributed by atoms with E-state index in [2.05, 4.69) is 23.1 Å². The van der Waals surface area contributed by atoms with E-state index in [9.17, 15) is 23.2 Å². The van der Waals surface area contributed by atoms with Crippen LogP contribution in [0.4, 0.5) is 14.5 Å². The lowest BCUT2D eigenvalue weighted by Crippen LogP contribution is -2.47. The van der Waals surface area contributed by atoms with Gasteiger partial charge in [0.05, 0.1) is 11.6 Å². The highest BCUT2D eigenvalue weighted by Gasteiger charge is 2.40. The van der Waals surface area contributed by atoms with Crippen LogP contribution in [0.25, 0.3) is 10.9 Å². The first-order valence-corrected chi connectivity index (χ1v) is 19.1. The van der Waals surface area contributed by atoms with E-state index < -0.39 is 29.6 Å². The first kappa shape index (κ1) is 39.6. The monoisotopic (exact) mass is 703 g/mol. The number of benzene rings is 2. The number of hydrogen-bond acceptors (Lipinski definition) is 3. The Hall–Kier alpha value is -4.19. The molecule has 2 heterocycles. The van der Waals surface area contributed by atoms with Gasteiger partial charge in [-0.1, -0.05) is 109 Å². The van der Waals surface area contributed by atoms with Crippen LogP contribution in [0.1, 0.15) is 152 Å². The van der Waals surface area contributed by atoms with E-state index in [1.165, 1.54) is 57.4 Å². The largest absolute Gasteiger partial charge is 0.481 e. The van der Waals surface area contributed by atoms with Gasteiger partial charge >= 0.3 is 5.97 Å². The summed E-state index contributed by atoms with van der Waals surface area (Å²) in [6.45, 7) is 2.08. The molecule has 3 aromatic rings. The van der Waals surface area contributed by atoms with Crippen LogP contribution in [-0.4, -0.2) is 38.8 Å². The fourth-order valence-corrected chi connectivity index (χ4v) is 7.45. The Labute approximate surface area is 302 Å². The second-order valence-electron chi connectivity index (χ2n) is 14.1. The summed E-state index contributed by atoms with van der Waals surface area (Å²) in [6.07, 6.45) is 25.2. The average Bonchev–Trinajstić information content (AvgIpc) is 3.48. The first-order chi connectivity index (χ1) is 24.7. The minimum atomic E-state index is -0.699. The zero-order valence-electron chi connectivity index (χ0n) is 30.2. The summed E-state index contributed by atoms with van der Waals surface area (Å²) < 4.78 is 29.2. The summed E-state index contributed by atoms with van der Waals surface area (Å²) in [6, 6.07) is 8.69. The molecular weight excluding hydrogens is 648 g/mol. The molecule has 0 fully saturated rings. The zero-order chi connectivity index (χ0) is 36.6. The molecule has 0 bridgehead atoms. The topological polar surface area (TPSA) is 103 Å². The highest BCUT2D eigenvalue weighted by molar-refractivity contribution is 5.95. The van der Waals surface area contributed by atoms with Crippen molar-refractivity contribution >= 4 is 34.4 Å². The van der Waals surface area contributed by atoms with Gasteiger partial charge in [0.15, 0.2) is 0 Å². The fourth-order valence-electron chi connectivity index (χ4n) is 7.45. The zero-order valence-corrected chi connectivity index (χ0v) is 30.2. The molecule has 0 radical (unpaired) electrons. The number of unbranched alkanes of at least 4 members (excludes halogenated alkanes) is 14. The van der Waals surface area contributed by atoms with Crippen molar-refractivity contribution in [3.8, 4) is 12.3 Å². The molecule has 2 aromatic carbocycles. The number of rotatable bonds is 22. The number of nitrogens with zero attached hydrogens (tertiary/aromatic N) is 1. The van der Waals surface area contributed by atoms with Gasteiger partial charge in [0, 0.05) is 41.7 Å². The molecule has 7 nitrogen and oxygen atoms in total. The van der Waals surface area contributed by atoms with Gasteiger partial charge in [-0.25, -0.2) is 8.78 Å². The van der Waals surface area contributed by atoms with Gasteiger partial charge in [0.2, 0.25) is 5.91 Å². The van der Waals surface area contributed by atoms with Crippen molar-refractivity contribution in [2.75, 3.05) is 5.32 Å². The van der Waals surface area contributed by atoms with Crippen LogP contribution in [0.15, 0.2) is 36.4 Å². The Balaban J connectivity index is 1.23. The standard InChI is InChI=1S/C42H55F2N3O4/c1-3-5-20-33-29-35-34-27-31(43)28-36(44)40(34)46-41(35)42(47(33)38(49)4-2)30-23-25-32(26-24-30)45-37(48)21-18-16-14-12-10-8-6-7-9-11-13-15-17-19-22-39(50)51/h2,23-28,33,42,46H,3,5-22,29H2,1H3,(H,45,48)(H,50,51)/t33-,42-/m0/s1. The van der Waals surface area contributed by atoms with Gasteiger partial charge in [-0.3, -0.25) is 14.4 Å². The number of hydrogen-bond donors (Lipinski definition) is 3. The number of amides is 2. The van der Waals surface area contributed by atoms with Crippen molar-refractivity contribution in [2.24, 2.45) is 0 Å². The molecule has 1 aromatic heterocycles. The maximum absolute atomic E-state index is 14.9. The molecule has 0 aliphatic carbocycles. The molecule has 0 saturated heterocycles. The Morgan fingerprint density at radius 2 is 1.43 bits per heavy atom. The van der Waals surface area contributed by atoms with Crippen molar-refractivity contribution in [3.63, 3.8) is 0 Å². The Morgan fingerprint density at radius 3 is 1.98 bits per heavy atom. The predicted octanol–water partition coefficient (Wildman–Crippen LogP) is 10.4. The Bertz CT molecular complexity index is 1630. The lowest BCUT2D eigenvalue weighted by Gasteiger charge is -2.41. The highest BCUT2D eigenvalue weighted by atomic mass is 19.1. The first-order valence-electron chi connectivity index (χ1n) is 19.1. The van der Waals surface area contributed by atoms with E-state index >= 15 is 0 Å². The highest BCUT2D eigenvalue weighted by Crippen LogP contribution is 2.43. The molecule has 0 saturated carbocycles. The average molecular weight is 704 g/mol. The quantitative estimate of drug-likeness (QED) is 0.0716. The SMILES string of the molecule is C#CC(=O)N1[C@@H](CCCC)Cc2c([nH]c3c(F)cc(F)cc23)[C@@H]1c1ccc(NC(=O)CCCCCCCCCCCCCCCCC(=O)O)cc1. The molecule has 9 heteroatoms. The second kappa shape index (κ2) is 20.6. The van der Waals surface area contributed by atoms with Crippen LogP contribution >= 0.6 is 0 Å². The Kier molecular flexibility index (Phi) is 16.0. The maximum Gasteiger partial charge on any atom is 0.303 e. The maximum atomic E-state index is 14.9. The number of anilines is 1. The van der Waals surface area contributed by atoms with E-state index in [1.807, 2.05) is 24.3 Å². The van der Waals surface area contributed by atoms with Crippen molar-refractivity contribution in [3.05, 3.63) is 64.9 Å². The van der Waals surface area contributed by atoms with Crippen LogP contribution in [0.5, 0.6) is 0 Å². The van der Waals surface area contributed by atoms with E-state index in [0.717, 1.165) is 68.6 Å². The summed E-state index contributed by atoms with van der Waals surface area (Å²) >= 11 is 0. The molecule has 2 amide bonds. The van der Waals surface area contributed by atoms with Gasteiger partial charge in [-0.05, 0) is 60.9 Å². The number of terminal acetylenes is 1. The van der Waals surface area contributed by atoms with Crippen LogP contribution in [0, 0.1) is 24.0 Å². The number of carboxylic acids is 1. The van der Waals surface area contributed by atoms with Crippen LogP contribution < -0.4 is 5.32 Å². The molecule has 4 rings (SSSR count). The molecule has 2 atom stereocenters. The summed E-state index contributed by atoms with van der Waals surface area (Å²) in [4.78, 5) is 41.4. The van der Waals surface area contributed by atoms with E-state index in [1.54, 1.807) is 4.90 Å². The number of aromatic nitrogens is 1. The smallest absolute Gasteiger partial charge is 0.303 e. The minimum Gasteiger partial charge on any atom is -0.481 e. The molecule has 1 aliphatic rings. The third kappa shape index (κ3) is 11.7. The lowest BCUT2D eigenvalue weighted by atomic mass is 9.86. The van der Waals surface area contributed by atoms with Gasteiger partial charge in [0.25, 0.3) is 5.91 Å². The number of halogens is 2.